The number of fused-ring (bicyclic) bond motifs is 3. The van der Waals surface area contributed by atoms with Gasteiger partial charge in [-0.1, -0.05) is 0 Å². The maximum absolute atomic E-state index is 12.7. The summed E-state index contributed by atoms with van der Waals surface area (Å²) < 4.78 is 18.6. The van der Waals surface area contributed by atoms with E-state index in [1.165, 1.54) is 6.42 Å². The lowest BCUT2D eigenvalue weighted by Gasteiger charge is -2.26. The van der Waals surface area contributed by atoms with Gasteiger partial charge in [0.1, 0.15) is 11.5 Å². The van der Waals surface area contributed by atoms with Gasteiger partial charge in [-0.15, -0.1) is 0 Å². The van der Waals surface area contributed by atoms with Crippen molar-refractivity contribution in [1.82, 2.24) is 4.57 Å². The van der Waals surface area contributed by atoms with Crippen LogP contribution in [-0.4, -0.2) is 38.0 Å². The fraction of sp³-hybridized carbons (Fsp3) is 0.476. The number of nitrogens with zero attached hydrogens (tertiary/aromatic N) is 1. The molecule has 2 aliphatic heterocycles. The Morgan fingerprint density at radius 3 is 2.81 bits per heavy atom. The molecule has 3 heterocycles. The van der Waals surface area contributed by atoms with Gasteiger partial charge in [-0.25, -0.2) is 0 Å². The number of aryl methyl sites for hydroxylation is 1. The normalized spacial score (nSPS) is 18.4. The Morgan fingerprint density at radius 1 is 1.19 bits per heavy atom. The Balaban J connectivity index is 1.69. The highest BCUT2D eigenvalue weighted by atomic mass is 16.5. The van der Waals surface area contributed by atoms with Crippen LogP contribution in [0.3, 0.4) is 0 Å². The molecule has 1 unspecified atom stereocenters. The maximum atomic E-state index is 12.7. The van der Waals surface area contributed by atoms with Crippen LogP contribution in [0.5, 0.6) is 11.5 Å². The Kier molecular flexibility index (Phi) is 5.07. The Hall–Kier alpha value is -2.47. The van der Waals surface area contributed by atoms with Gasteiger partial charge >= 0.3 is 0 Å². The first-order valence-electron chi connectivity index (χ1n) is 9.55. The topological polar surface area (TPSA) is 61.7 Å². The molecule has 0 aliphatic carbocycles. The van der Waals surface area contributed by atoms with Crippen molar-refractivity contribution in [3.8, 4) is 22.8 Å². The van der Waals surface area contributed by atoms with Gasteiger partial charge in [0.2, 0.25) is 0 Å². The van der Waals surface area contributed by atoms with Crippen molar-refractivity contribution in [1.29, 1.82) is 0 Å². The highest BCUT2D eigenvalue weighted by Gasteiger charge is 2.23. The van der Waals surface area contributed by atoms with Crippen molar-refractivity contribution in [2.75, 3.05) is 32.7 Å². The Labute approximate surface area is 159 Å². The second-order valence-corrected chi connectivity index (χ2v) is 7.10. The zero-order valence-electron chi connectivity index (χ0n) is 15.9. The van der Waals surface area contributed by atoms with Gasteiger partial charge in [0.25, 0.3) is 5.56 Å². The lowest BCUT2D eigenvalue weighted by molar-refractivity contribution is 0.0247. The first kappa shape index (κ1) is 17.9. The fourth-order valence-electron chi connectivity index (χ4n) is 3.98. The molecule has 0 bridgehead atoms. The molecule has 1 atom stereocenters. The fourth-order valence-corrected chi connectivity index (χ4v) is 3.98. The van der Waals surface area contributed by atoms with E-state index in [2.05, 4.69) is 5.32 Å². The second kappa shape index (κ2) is 7.64. The van der Waals surface area contributed by atoms with Crippen LogP contribution in [-0.2, 0) is 17.7 Å². The van der Waals surface area contributed by atoms with Crippen LogP contribution in [0.1, 0.15) is 24.8 Å². The minimum atomic E-state index is 0.00286. The summed E-state index contributed by atoms with van der Waals surface area (Å²) in [7, 11) is 3.30. The SMILES string of the molecule is COc1cc2c(c(OC)c1)-c1cc(NCC3CCCCO3)cc(=O)n1CC2. The van der Waals surface area contributed by atoms with E-state index < -0.39 is 0 Å². The van der Waals surface area contributed by atoms with Gasteiger partial charge in [-0.3, -0.25) is 4.79 Å². The van der Waals surface area contributed by atoms with Crippen LogP contribution in [0.4, 0.5) is 5.69 Å². The summed E-state index contributed by atoms with van der Waals surface area (Å²) in [6.45, 7) is 2.20. The number of pyridine rings is 1. The molecular formula is C21H26N2O4. The van der Waals surface area contributed by atoms with Crippen LogP contribution >= 0.6 is 0 Å². The highest BCUT2D eigenvalue weighted by Crippen LogP contribution is 2.40. The predicted octanol–water partition coefficient (Wildman–Crippen LogP) is 3.07. The van der Waals surface area contributed by atoms with E-state index in [-0.39, 0.29) is 11.7 Å². The molecule has 6 heteroatoms. The van der Waals surface area contributed by atoms with Crippen LogP contribution in [0.2, 0.25) is 0 Å². The molecule has 0 amide bonds. The third kappa shape index (κ3) is 3.54. The molecule has 6 nitrogen and oxygen atoms in total. The molecule has 1 aromatic carbocycles. The van der Waals surface area contributed by atoms with Crippen LogP contribution < -0.4 is 20.3 Å². The number of rotatable bonds is 5. The monoisotopic (exact) mass is 370 g/mol. The zero-order chi connectivity index (χ0) is 18.8. The second-order valence-electron chi connectivity index (χ2n) is 7.10. The van der Waals surface area contributed by atoms with Gasteiger partial charge in [0.05, 0.1) is 26.0 Å². The predicted molar refractivity (Wildman–Crippen MR) is 105 cm³/mol. The number of aromatic nitrogens is 1. The van der Waals surface area contributed by atoms with Crippen LogP contribution in [0.15, 0.2) is 29.1 Å². The smallest absolute Gasteiger partial charge is 0.253 e. The van der Waals surface area contributed by atoms with Gasteiger partial charge in [-0.2, -0.15) is 0 Å². The number of methoxy groups -OCH3 is 2. The summed E-state index contributed by atoms with van der Waals surface area (Å²) in [5, 5.41) is 3.39. The van der Waals surface area contributed by atoms with Crippen molar-refractivity contribution in [3.63, 3.8) is 0 Å². The molecule has 1 fully saturated rings. The number of hydrogen-bond acceptors (Lipinski definition) is 5. The van der Waals surface area contributed by atoms with Gasteiger partial charge < -0.3 is 24.1 Å². The van der Waals surface area contributed by atoms with Crippen molar-refractivity contribution in [2.45, 2.75) is 38.3 Å². The molecule has 4 rings (SSSR count). The van der Waals surface area contributed by atoms with E-state index in [4.69, 9.17) is 14.2 Å². The maximum Gasteiger partial charge on any atom is 0.253 e. The summed E-state index contributed by atoms with van der Waals surface area (Å²) in [6, 6.07) is 7.61. The van der Waals surface area contributed by atoms with Crippen molar-refractivity contribution in [2.24, 2.45) is 0 Å². The average Bonchev–Trinajstić information content (AvgIpc) is 2.71. The third-order valence-corrected chi connectivity index (χ3v) is 5.41. The number of ether oxygens (including phenoxy) is 3. The van der Waals surface area contributed by atoms with E-state index in [0.717, 1.165) is 66.4 Å². The summed E-state index contributed by atoms with van der Waals surface area (Å²) in [4.78, 5) is 12.7. The molecule has 1 aromatic heterocycles. The molecule has 144 valence electrons. The molecule has 0 saturated carbocycles. The lowest BCUT2D eigenvalue weighted by Crippen LogP contribution is -2.29. The van der Waals surface area contributed by atoms with Gasteiger partial charge in [0.15, 0.2) is 0 Å². The molecule has 0 spiro atoms. The minimum absolute atomic E-state index is 0.00286. The van der Waals surface area contributed by atoms with E-state index >= 15 is 0 Å². The van der Waals surface area contributed by atoms with Gasteiger partial charge in [0, 0.05) is 43.1 Å². The lowest BCUT2D eigenvalue weighted by atomic mass is 9.95. The summed E-state index contributed by atoms with van der Waals surface area (Å²) in [5.41, 5.74) is 3.82. The molecule has 1 saturated heterocycles. The van der Waals surface area contributed by atoms with Crippen LogP contribution in [0, 0.1) is 0 Å². The van der Waals surface area contributed by atoms with E-state index in [0.29, 0.717) is 6.54 Å². The van der Waals surface area contributed by atoms with E-state index in [1.807, 2.05) is 22.8 Å². The Morgan fingerprint density at radius 2 is 2.07 bits per heavy atom. The standard InChI is InChI=1S/C21H26N2O4/c1-25-17-9-14-6-7-23-18(21(14)19(12-17)26-2)10-15(11-20(23)24)22-13-16-5-3-4-8-27-16/h9-12,16,22H,3-8,13H2,1-2H3. The summed E-state index contributed by atoms with van der Waals surface area (Å²) in [6.07, 6.45) is 4.39. The van der Waals surface area contributed by atoms with Crippen molar-refractivity contribution in [3.05, 3.63) is 40.2 Å². The average molecular weight is 370 g/mol. The minimum Gasteiger partial charge on any atom is -0.497 e. The first-order chi connectivity index (χ1) is 13.2. The Bertz CT molecular complexity index is 867. The molecule has 27 heavy (non-hydrogen) atoms. The van der Waals surface area contributed by atoms with Crippen LogP contribution in [0.25, 0.3) is 11.3 Å². The first-order valence-corrected chi connectivity index (χ1v) is 9.55. The van der Waals surface area contributed by atoms with Gasteiger partial charge in [-0.05, 0) is 43.4 Å². The molecular weight excluding hydrogens is 344 g/mol. The van der Waals surface area contributed by atoms with E-state index in [1.54, 1.807) is 20.3 Å². The quantitative estimate of drug-likeness (QED) is 0.876. The molecule has 2 aromatic rings. The van der Waals surface area contributed by atoms with Crippen molar-refractivity contribution >= 4 is 5.69 Å². The number of hydrogen-bond donors (Lipinski definition) is 1. The molecule has 0 radical (unpaired) electrons. The zero-order valence-corrected chi connectivity index (χ0v) is 15.9. The van der Waals surface area contributed by atoms with Crippen molar-refractivity contribution < 1.29 is 14.2 Å². The largest absolute Gasteiger partial charge is 0.497 e. The summed E-state index contributed by atoms with van der Waals surface area (Å²) in [5.74, 6) is 1.50. The van der Waals surface area contributed by atoms with E-state index in [9.17, 15) is 4.79 Å². The highest BCUT2D eigenvalue weighted by molar-refractivity contribution is 5.76. The molecule has 2 aliphatic rings. The number of anilines is 1. The summed E-state index contributed by atoms with van der Waals surface area (Å²) >= 11 is 0. The molecule has 1 N–H and O–H groups in total. The third-order valence-electron chi connectivity index (χ3n) is 5.41. The number of nitrogens with one attached hydrogen (secondary N) is 1. The number of benzene rings is 1.